The van der Waals surface area contributed by atoms with Crippen molar-refractivity contribution in [3.63, 3.8) is 0 Å². The summed E-state index contributed by atoms with van der Waals surface area (Å²) in [5, 5.41) is 0. The molecule has 0 radical (unpaired) electrons. The number of fused-ring (bicyclic) bond motifs is 1. The number of benzene rings is 1. The first-order valence-electron chi connectivity index (χ1n) is 8.60. The number of methoxy groups -OCH3 is 1. The molecule has 26 heavy (non-hydrogen) atoms. The summed E-state index contributed by atoms with van der Waals surface area (Å²) >= 11 is 1.51. The first-order valence-corrected chi connectivity index (χ1v) is 9.41. The molecule has 0 unspecified atom stereocenters. The lowest BCUT2D eigenvalue weighted by Crippen LogP contribution is -2.40. The minimum absolute atomic E-state index is 0.281. The Bertz CT molecular complexity index is 841. The minimum atomic E-state index is -0.404. The van der Waals surface area contributed by atoms with Crippen LogP contribution in [-0.4, -0.2) is 18.9 Å². The van der Waals surface area contributed by atoms with Crippen LogP contribution in [0.15, 0.2) is 36.4 Å². The summed E-state index contributed by atoms with van der Waals surface area (Å²) in [5.74, 6) is 0.655. The molecule has 0 saturated heterocycles. The van der Waals surface area contributed by atoms with Crippen LogP contribution < -0.4 is 15.6 Å². The van der Waals surface area contributed by atoms with E-state index in [0.717, 1.165) is 18.4 Å². The lowest BCUT2D eigenvalue weighted by Gasteiger charge is -2.16. The lowest BCUT2D eigenvalue weighted by atomic mass is 9.90. The summed E-state index contributed by atoms with van der Waals surface area (Å²) in [6, 6.07) is 9.33. The Morgan fingerprint density at radius 1 is 1.27 bits per heavy atom. The number of ether oxygens (including phenoxy) is 1. The van der Waals surface area contributed by atoms with Crippen molar-refractivity contribution in [1.82, 2.24) is 10.9 Å². The van der Waals surface area contributed by atoms with Gasteiger partial charge in [-0.3, -0.25) is 20.4 Å². The molecule has 0 bridgehead atoms. The maximum Gasteiger partial charge on any atom is 0.279 e. The number of rotatable bonds is 4. The van der Waals surface area contributed by atoms with E-state index in [1.54, 1.807) is 13.2 Å². The van der Waals surface area contributed by atoms with Crippen LogP contribution in [-0.2, 0) is 17.6 Å². The monoisotopic (exact) mass is 370 g/mol. The number of hydrogen-bond acceptors (Lipinski definition) is 4. The summed E-state index contributed by atoms with van der Waals surface area (Å²) < 4.78 is 5.23. The highest BCUT2D eigenvalue weighted by molar-refractivity contribution is 7.14. The standard InChI is InChI=1S/C20H22N2O3S/c1-13-7-9-17-15(11-13)12-18(26-17)20(24)22-21-19(23)10-8-14-5-3-4-6-16(14)25-2/h3-6,8,10,12-13H,7,9,11H2,1-2H3,(H,21,23)(H,22,24)/b10-8+/t13-/m0/s1. The van der Waals surface area contributed by atoms with Gasteiger partial charge in [-0.1, -0.05) is 25.1 Å². The molecule has 2 N–H and O–H groups in total. The van der Waals surface area contributed by atoms with Gasteiger partial charge in [0.25, 0.3) is 11.8 Å². The second-order valence-electron chi connectivity index (χ2n) is 6.43. The van der Waals surface area contributed by atoms with Crippen LogP contribution in [0.2, 0.25) is 0 Å². The van der Waals surface area contributed by atoms with Crippen LogP contribution >= 0.6 is 11.3 Å². The van der Waals surface area contributed by atoms with Gasteiger partial charge in [0.15, 0.2) is 0 Å². The number of hydrogen-bond donors (Lipinski definition) is 2. The van der Waals surface area contributed by atoms with Crippen molar-refractivity contribution >= 4 is 29.2 Å². The Morgan fingerprint density at radius 3 is 2.88 bits per heavy atom. The summed E-state index contributed by atoms with van der Waals surface area (Å²) in [6.07, 6.45) is 6.22. The van der Waals surface area contributed by atoms with Crippen LogP contribution in [0.5, 0.6) is 5.75 Å². The van der Waals surface area contributed by atoms with Gasteiger partial charge in [-0.05, 0) is 49.0 Å². The van der Waals surface area contributed by atoms with Gasteiger partial charge in [-0.2, -0.15) is 0 Å². The van der Waals surface area contributed by atoms with Crippen molar-refractivity contribution < 1.29 is 14.3 Å². The van der Waals surface area contributed by atoms with Crippen LogP contribution in [0.4, 0.5) is 0 Å². The maximum atomic E-state index is 12.3. The first-order chi connectivity index (χ1) is 12.6. The van der Waals surface area contributed by atoms with E-state index in [-0.39, 0.29) is 5.91 Å². The van der Waals surface area contributed by atoms with Gasteiger partial charge in [-0.25, -0.2) is 0 Å². The van der Waals surface area contributed by atoms with E-state index in [9.17, 15) is 9.59 Å². The third-order valence-electron chi connectivity index (χ3n) is 4.41. The topological polar surface area (TPSA) is 67.4 Å². The van der Waals surface area contributed by atoms with Crippen molar-refractivity contribution in [3.8, 4) is 5.75 Å². The molecule has 2 amide bonds. The molecule has 1 atom stereocenters. The van der Waals surface area contributed by atoms with Crippen molar-refractivity contribution in [3.05, 3.63) is 57.3 Å². The van der Waals surface area contributed by atoms with Crippen LogP contribution in [0.1, 0.15) is 39.0 Å². The maximum absolute atomic E-state index is 12.3. The summed E-state index contributed by atoms with van der Waals surface area (Å²) in [6.45, 7) is 2.23. The quantitative estimate of drug-likeness (QED) is 0.641. The fourth-order valence-electron chi connectivity index (χ4n) is 3.01. The SMILES string of the molecule is COc1ccccc1/C=C/C(=O)NNC(=O)c1cc2c(s1)CC[C@H](C)C2. The molecule has 1 heterocycles. The zero-order valence-corrected chi connectivity index (χ0v) is 15.7. The number of carbonyl (C=O) groups is 2. The Balaban J connectivity index is 1.56. The number of aryl methyl sites for hydroxylation is 1. The normalized spacial score (nSPS) is 16.2. The molecule has 1 aliphatic rings. The second-order valence-corrected chi connectivity index (χ2v) is 7.56. The van der Waals surface area contributed by atoms with Gasteiger partial charge in [0.2, 0.25) is 0 Å². The van der Waals surface area contributed by atoms with Gasteiger partial charge in [-0.15, -0.1) is 11.3 Å². The average Bonchev–Trinajstić information content (AvgIpc) is 3.07. The molecule has 0 saturated carbocycles. The molecular weight excluding hydrogens is 348 g/mol. The second kappa shape index (κ2) is 8.19. The molecular formula is C20H22N2O3S. The number of para-hydroxylation sites is 1. The zero-order valence-electron chi connectivity index (χ0n) is 14.9. The molecule has 5 nitrogen and oxygen atoms in total. The number of amides is 2. The molecule has 0 fully saturated rings. The molecule has 1 aromatic heterocycles. The summed E-state index contributed by atoms with van der Waals surface area (Å²) in [5.41, 5.74) is 6.95. The largest absolute Gasteiger partial charge is 0.496 e. The van der Waals surface area contributed by atoms with Gasteiger partial charge in [0.05, 0.1) is 12.0 Å². The fraction of sp³-hybridized carbons (Fsp3) is 0.300. The van der Waals surface area contributed by atoms with Crippen molar-refractivity contribution in [1.29, 1.82) is 0 Å². The third-order valence-corrected chi connectivity index (χ3v) is 5.64. The molecule has 136 valence electrons. The molecule has 0 spiro atoms. The number of nitrogens with one attached hydrogen (secondary N) is 2. The highest BCUT2D eigenvalue weighted by Gasteiger charge is 2.20. The average molecular weight is 370 g/mol. The van der Waals surface area contributed by atoms with E-state index in [0.29, 0.717) is 16.5 Å². The Hall–Kier alpha value is -2.60. The van der Waals surface area contributed by atoms with Crippen molar-refractivity contribution in [2.24, 2.45) is 5.92 Å². The number of hydrazine groups is 1. The van der Waals surface area contributed by atoms with Crippen LogP contribution in [0.25, 0.3) is 6.08 Å². The third kappa shape index (κ3) is 4.32. The predicted molar refractivity (Wildman–Crippen MR) is 103 cm³/mol. The van der Waals surface area contributed by atoms with Crippen LogP contribution in [0, 0.1) is 5.92 Å². The predicted octanol–water partition coefficient (Wildman–Crippen LogP) is 3.36. The lowest BCUT2D eigenvalue weighted by molar-refractivity contribution is -0.117. The Labute approximate surface area is 157 Å². The van der Waals surface area contributed by atoms with Crippen molar-refractivity contribution in [2.45, 2.75) is 26.2 Å². The van der Waals surface area contributed by atoms with E-state index in [1.807, 2.05) is 30.3 Å². The minimum Gasteiger partial charge on any atom is -0.496 e. The molecule has 3 rings (SSSR count). The van der Waals surface area contributed by atoms with E-state index in [4.69, 9.17) is 4.74 Å². The smallest absolute Gasteiger partial charge is 0.279 e. The van der Waals surface area contributed by atoms with Crippen LogP contribution in [0.3, 0.4) is 0 Å². The fourth-order valence-corrected chi connectivity index (χ4v) is 4.11. The molecule has 2 aromatic rings. The Morgan fingerprint density at radius 2 is 2.08 bits per heavy atom. The van der Waals surface area contributed by atoms with Gasteiger partial charge < -0.3 is 4.74 Å². The number of carbonyl (C=O) groups excluding carboxylic acids is 2. The molecule has 6 heteroatoms. The molecule has 1 aliphatic carbocycles. The van der Waals surface area contributed by atoms with Gasteiger partial charge in [0, 0.05) is 16.5 Å². The highest BCUT2D eigenvalue weighted by Crippen LogP contribution is 2.32. The zero-order chi connectivity index (χ0) is 18.5. The van der Waals surface area contributed by atoms with E-state index < -0.39 is 5.91 Å². The Kier molecular flexibility index (Phi) is 5.73. The van der Waals surface area contributed by atoms with E-state index in [2.05, 4.69) is 17.8 Å². The summed E-state index contributed by atoms with van der Waals surface area (Å²) in [4.78, 5) is 26.1. The van der Waals surface area contributed by atoms with E-state index >= 15 is 0 Å². The molecule has 1 aromatic carbocycles. The van der Waals surface area contributed by atoms with Crippen molar-refractivity contribution in [2.75, 3.05) is 7.11 Å². The molecule has 0 aliphatic heterocycles. The van der Waals surface area contributed by atoms with Gasteiger partial charge in [0.1, 0.15) is 5.75 Å². The van der Waals surface area contributed by atoms with Gasteiger partial charge >= 0.3 is 0 Å². The summed E-state index contributed by atoms with van der Waals surface area (Å²) in [7, 11) is 1.58. The van der Waals surface area contributed by atoms with E-state index in [1.165, 1.54) is 34.3 Å². The number of thiophene rings is 1. The first kappa shape index (κ1) is 18.2. The highest BCUT2D eigenvalue weighted by atomic mass is 32.1.